The molecule has 4 aromatic rings. The molecular weight excluding hydrogens is 580 g/mol. The second kappa shape index (κ2) is 14.5. The summed E-state index contributed by atoms with van der Waals surface area (Å²) in [4.78, 5) is 27.5. The van der Waals surface area contributed by atoms with Crippen LogP contribution in [-0.2, 0) is 16.1 Å². The Balaban J connectivity index is 1.34. The third-order valence-corrected chi connectivity index (χ3v) is 9.04. The van der Waals surface area contributed by atoms with Gasteiger partial charge in [0.15, 0.2) is 12.1 Å². The van der Waals surface area contributed by atoms with Gasteiger partial charge in [-0.1, -0.05) is 78.9 Å². The van der Waals surface area contributed by atoms with Gasteiger partial charge in [-0.05, 0) is 67.3 Å². The van der Waals surface area contributed by atoms with Gasteiger partial charge in [0, 0.05) is 40.9 Å². The number of nitrogens with zero attached hydrogens (tertiary/aromatic N) is 1. The summed E-state index contributed by atoms with van der Waals surface area (Å²) in [6.45, 7) is 3.04. The number of likely N-dealkylation sites (tertiary alicyclic amines) is 1. The molecule has 238 valence electrons. The fourth-order valence-corrected chi connectivity index (χ4v) is 6.58. The largest absolute Gasteiger partial charge is 0.395 e. The number of hydrogen-bond donors (Lipinski definition) is 3. The summed E-state index contributed by atoms with van der Waals surface area (Å²) < 4.78 is 13.7. The van der Waals surface area contributed by atoms with Crippen molar-refractivity contribution in [2.75, 3.05) is 25.0 Å². The number of carbonyl (C=O) groups is 2. The van der Waals surface area contributed by atoms with E-state index in [-0.39, 0.29) is 49.1 Å². The first-order valence-corrected chi connectivity index (χ1v) is 15.9. The predicted molar refractivity (Wildman–Crippen MR) is 176 cm³/mol. The van der Waals surface area contributed by atoms with E-state index in [1.165, 1.54) is 6.92 Å². The number of Topliss-reactive ketones (excluding diaryl/α,β-unsaturated/α-hetero) is 1. The maximum atomic E-state index is 13.3. The molecule has 2 saturated heterocycles. The van der Waals surface area contributed by atoms with Gasteiger partial charge in [-0.3, -0.25) is 14.5 Å². The lowest BCUT2D eigenvalue weighted by molar-refractivity contribution is -0.264. The van der Waals surface area contributed by atoms with Crippen LogP contribution in [0.4, 0.5) is 5.69 Å². The van der Waals surface area contributed by atoms with Crippen LogP contribution in [0.2, 0.25) is 0 Å². The molecule has 2 aliphatic rings. The van der Waals surface area contributed by atoms with Gasteiger partial charge < -0.3 is 25.0 Å². The van der Waals surface area contributed by atoms with Gasteiger partial charge in [-0.2, -0.15) is 0 Å². The van der Waals surface area contributed by atoms with E-state index in [0.717, 1.165) is 36.1 Å². The number of rotatable bonds is 10. The maximum Gasteiger partial charge on any atom is 0.255 e. The molecule has 46 heavy (non-hydrogen) atoms. The summed E-state index contributed by atoms with van der Waals surface area (Å²) in [5, 5.41) is 22.7. The van der Waals surface area contributed by atoms with E-state index in [4.69, 9.17) is 9.47 Å². The lowest BCUT2D eigenvalue weighted by atomic mass is 9.83. The first-order chi connectivity index (χ1) is 22.4. The molecule has 2 heterocycles. The molecule has 2 fully saturated rings. The Kier molecular flexibility index (Phi) is 10.0. The van der Waals surface area contributed by atoms with Gasteiger partial charge in [-0.15, -0.1) is 0 Å². The number of aliphatic hydroxyl groups is 2. The fourth-order valence-electron chi connectivity index (χ4n) is 6.58. The van der Waals surface area contributed by atoms with Gasteiger partial charge >= 0.3 is 0 Å². The van der Waals surface area contributed by atoms with Crippen molar-refractivity contribution in [3.8, 4) is 0 Å². The van der Waals surface area contributed by atoms with E-state index >= 15 is 0 Å². The second-order valence-corrected chi connectivity index (χ2v) is 12.1. The van der Waals surface area contributed by atoms with Crippen LogP contribution in [0.25, 0.3) is 0 Å². The van der Waals surface area contributed by atoms with Crippen molar-refractivity contribution >= 4 is 17.4 Å². The molecule has 5 atom stereocenters. The van der Waals surface area contributed by atoms with Gasteiger partial charge in [0.05, 0.1) is 25.4 Å². The summed E-state index contributed by atoms with van der Waals surface area (Å²) in [6, 6.07) is 32.2. The lowest BCUT2D eigenvalue weighted by Gasteiger charge is -2.44. The smallest absolute Gasteiger partial charge is 0.255 e. The molecule has 2 aliphatic heterocycles. The molecule has 6 rings (SSSR count). The van der Waals surface area contributed by atoms with Gasteiger partial charge in [-0.25, -0.2) is 0 Å². The van der Waals surface area contributed by atoms with Crippen LogP contribution in [0, 0.1) is 0 Å². The fraction of sp³-hybridized carbons (Fsp3) is 0.316. The molecular formula is C38H40N2O6. The highest BCUT2D eigenvalue weighted by Gasteiger charge is 2.43. The van der Waals surface area contributed by atoms with E-state index in [1.54, 1.807) is 36.4 Å². The molecule has 4 aromatic carbocycles. The van der Waals surface area contributed by atoms with Gasteiger partial charge in [0.2, 0.25) is 0 Å². The number of benzene rings is 4. The highest BCUT2D eigenvalue weighted by Crippen LogP contribution is 2.47. The van der Waals surface area contributed by atoms with Crippen LogP contribution in [0.3, 0.4) is 0 Å². The standard InChI is InChI=1S/C38H40N2O6/c1-25(43)29-10-6-13-32(21-29)39-37(44)30-11-5-12-31(20-30)38-45-34(22-40-19-7-14-33(40)24-42)35(27-8-3-2-4-9-27)36(46-38)28-17-15-26(23-41)16-18-28/h2-6,8-13,15-18,20-21,33-36,38,41-42H,7,14,19,22-24H2,1H3,(H,39,44). The highest BCUT2D eigenvalue weighted by molar-refractivity contribution is 6.05. The Morgan fingerprint density at radius 3 is 2.30 bits per heavy atom. The van der Waals surface area contributed by atoms with E-state index < -0.39 is 6.29 Å². The average Bonchev–Trinajstić information content (AvgIpc) is 3.55. The molecule has 1 amide bonds. The maximum absolute atomic E-state index is 13.3. The molecule has 0 bridgehead atoms. The number of aliphatic hydroxyl groups excluding tert-OH is 2. The summed E-state index contributed by atoms with van der Waals surface area (Å²) >= 11 is 0. The van der Waals surface area contributed by atoms with Crippen molar-refractivity contribution in [3.05, 3.63) is 137 Å². The van der Waals surface area contributed by atoms with Gasteiger partial charge in [0.1, 0.15) is 0 Å². The Labute approximate surface area is 269 Å². The monoisotopic (exact) mass is 620 g/mol. The summed E-state index contributed by atoms with van der Waals surface area (Å²) in [5.74, 6) is -0.540. The van der Waals surface area contributed by atoms with Crippen LogP contribution in [-0.4, -0.2) is 58.6 Å². The number of ketones is 1. The Bertz CT molecular complexity index is 1640. The zero-order valence-corrected chi connectivity index (χ0v) is 25.9. The number of amides is 1. The quantitative estimate of drug-likeness (QED) is 0.186. The third-order valence-electron chi connectivity index (χ3n) is 9.04. The predicted octanol–water partition coefficient (Wildman–Crippen LogP) is 6.03. The lowest BCUT2D eigenvalue weighted by Crippen LogP contribution is -2.46. The van der Waals surface area contributed by atoms with E-state index in [1.807, 2.05) is 54.6 Å². The molecule has 8 nitrogen and oxygen atoms in total. The average molecular weight is 621 g/mol. The highest BCUT2D eigenvalue weighted by atomic mass is 16.7. The number of hydrogen-bond acceptors (Lipinski definition) is 7. The Hall–Kier alpha value is -4.18. The number of nitrogens with one attached hydrogen (secondary N) is 1. The molecule has 8 heteroatoms. The molecule has 0 aromatic heterocycles. The van der Waals surface area contributed by atoms with Crippen LogP contribution in [0.15, 0.2) is 103 Å². The minimum atomic E-state index is -0.767. The van der Waals surface area contributed by atoms with Crippen LogP contribution >= 0.6 is 0 Å². The van der Waals surface area contributed by atoms with E-state index in [9.17, 15) is 19.8 Å². The first kappa shape index (κ1) is 31.8. The minimum Gasteiger partial charge on any atom is -0.395 e. The molecule has 5 unspecified atom stereocenters. The summed E-state index contributed by atoms with van der Waals surface area (Å²) in [6.07, 6.45) is 0.518. The third kappa shape index (κ3) is 7.12. The molecule has 3 N–H and O–H groups in total. The Morgan fingerprint density at radius 2 is 1.57 bits per heavy atom. The summed E-state index contributed by atoms with van der Waals surface area (Å²) in [7, 11) is 0. The summed E-state index contributed by atoms with van der Waals surface area (Å²) in [5.41, 5.74) is 5.06. The molecule has 0 saturated carbocycles. The van der Waals surface area contributed by atoms with Crippen molar-refractivity contribution in [3.63, 3.8) is 0 Å². The Morgan fingerprint density at radius 1 is 0.826 bits per heavy atom. The van der Waals surface area contributed by atoms with Crippen molar-refractivity contribution in [1.82, 2.24) is 4.90 Å². The van der Waals surface area contributed by atoms with Crippen LogP contribution in [0.1, 0.15) is 81.0 Å². The molecule has 0 spiro atoms. The molecule has 0 radical (unpaired) electrons. The van der Waals surface area contributed by atoms with Crippen LogP contribution < -0.4 is 5.32 Å². The van der Waals surface area contributed by atoms with E-state index in [0.29, 0.717) is 28.9 Å². The normalized spacial score (nSPS) is 23.2. The zero-order valence-electron chi connectivity index (χ0n) is 25.9. The SMILES string of the molecule is CC(=O)c1cccc(NC(=O)c2cccc(C3OC(CN4CCCC4CO)C(c4ccccc4)C(c4ccc(CO)cc4)O3)c2)c1. The van der Waals surface area contributed by atoms with Crippen LogP contribution in [0.5, 0.6) is 0 Å². The van der Waals surface area contributed by atoms with Crippen molar-refractivity contribution < 1.29 is 29.3 Å². The van der Waals surface area contributed by atoms with Crippen molar-refractivity contribution in [2.45, 2.75) is 56.8 Å². The minimum absolute atomic E-state index is 0.0479. The molecule has 0 aliphatic carbocycles. The van der Waals surface area contributed by atoms with Crippen molar-refractivity contribution in [1.29, 1.82) is 0 Å². The van der Waals surface area contributed by atoms with Gasteiger partial charge in [0.25, 0.3) is 5.91 Å². The number of ether oxygens (including phenoxy) is 2. The zero-order chi connectivity index (χ0) is 32.0. The second-order valence-electron chi connectivity index (χ2n) is 12.1. The topological polar surface area (TPSA) is 108 Å². The number of carbonyl (C=O) groups excluding carboxylic acids is 2. The first-order valence-electron chi connectivity index (χ1n) is 15.9. The van der Waals surface area contributed by atoms with E-state index in [2.05, 4.69) is 22.3 Å². The van der Waals surface area contributed by atoms with Crippen molar-refractivity contribution in [2.24, 2.45) is 0 Å². The number of anilines is 1.